The lowest BCUT2D eigenvalue weighted by atomic mass is 10.4. The predicted molar refractivity (Wildman–Crippen MR) is 103 cm³/mol. The topological polar surface area (TPSA) is 84.7 Å². The molecule has 7 nitrogen and oxygen atoms in total. The number of carbonyl (C=O) groups is 1. The van der Waals surface area contributed by atoms with Gasteiger partial charge in [0.2, 0.25) is 5.91 Å². The van der Waals surface area contributed by atoms with Gasteiger partial charge in [0.1, 0.15) is 23.3 Å². The quantitative estimate of drug-likeness (QED) is 0.495. The van der Waals surface area contributed by atoms with Gasteiger partial charge in [0.25, 0.3) is 0 Å². The number of nitrogens with zero attached hydrogens (tertiary/aromatic N) is 4. The van der Waals surface area contributed by atoms with Crippen LogP contribution in [0.3, 0.4) is 0 Å². The third-order valence-corrected chi connectivity index (χ3v) is 4.41. The van der Waals surface area contributed by atoms with Crippen molar-refractivity contribution in [2.75, 3.05) is 18.4 Å². The highest BCUT2D eigenvalue weighted by Gasteiger charge is 2.06. The molecule has 0 aliphatic carbocycles. The summed E-state index contributed by atoms with van der Waals surface area (Å²) in [5.74, 6) is 2.88. The number of nitrogens with one attached hydrogen (secondary N) is 2. The van der Waals surface area contributed by atoms with Gasteiger partial charge < -0.3 is 10.6 Å². The maximum Gasteiger partial charge on any atom is 0.244 e. The molecule has 0 bridgehead atoms. The number of thiophene rings is 1. The van der Waals surface area contributed by atoms with Crippen LogP contribution in [0, 0.1) is 13.8 Å². The fourth-order valence-corrected chi connectivity index (χ4v) is 2.98. The first-order chi connectivity index (χ1) is 12.6. The molecule has 134 valence electrons. The van der Waals surface area contributed by atoms with Gasteiger partial charge in [-0.15, -0.1) is 11.3 Å². The molecule has 3 heterocycles. The largest absolute Gasteiger partial charge is 0.368 e. The maximum absolute atomic E-state index is 11.8. The summed E-state index contributed by atoms with van der Waals surface area (Å²) in [6, 6.07) is 5.78. The summed E-state index contributed by atoms with van der Waals surface area (Å²) in [6.07, 6.45) is 6.95. The molecule has 1 amide bonds. The molecule has 0 fully saturated rings. The van der Waals surface area contributed by atoms with Crippen LogP contribution in [0.25, 0.3) is 11.9 Å². The molecule has 2 N–H and O–H groups in total. The lowest BCUT2D eigenvalue weighted by Gasteiger charge is -2.10. The molecule has 0 unspecified atom stereocenters. The Kier molecular flexibility index (Phi) is 5.75. The van der Waals surface area contributed by atoms with Crippen molar-refractivity contribution in [1.29, 1.82) is 0 Å². The Hall–Kier alpha value is -3.00. The first-order valence-corrected chi connectivity index (χ1v) is 9.09. The van der Waals surface area contributed by atoms with Crippen molar-refractivity contribution in [3.8, 4) is 5.82 Å². The third-order valence-electron chi connectivity index (χ3n) is 3.57. The van der Waals surface area contributed by atoms with Crippen molar-refractivity contribution in [2.45, 2.75) is 13.8 Å². The first-order valence-electron chi connectivity index (χ1n) is 8.21. The van der Waals surface area contributed by atoms with E-state index in [4.69, 9.17) is 0 Å². The van der Waals surface area contributed by atoms with Crippen LogP contribution in [-0.2, 0) is 4.79 Å². The number of carbonyl (C=O) groups excluding carboxylic acids is 1. The molecule has 0 saturated carbocycles. The summed E-state index contributed by atoms with van der Waals surface area (Å²) in [5.41, 5.74) is 0. The Labute approximate surface area is 155 Å². The molecule has 8 heteroatoms. The second-order valence-electron chi connectivity index (χ2n) is 5.57. The number of aromatic nitrogens is 4. The minimum atomic E-state index is -0.117. The lowest BCUT2D eigenvalue weighted by molar-refractivity contribution is -0.116. The number of hydrogen-bond acceptors (Lipinski definition) is 6. The molecular weight excluding hydrogens is 348 g/mol. The zero-order chi connectivity index (χ0) is 18.4. The molecule has 0 atom stereocenters. The van der Waals surface area contributed by atoms with Gasteiger partial charge in [0.05, 0.1) is 0 Å². The molecular formula is C18H20N6OS. The van der Waals surface area contributed by atoms with Crippen molar-refractivity contribution in [3.63, 3.8) is 0 Å². The number of hydrogen-bond donors (Lipinski definition) is 2. The van der Waals surface area contributed by atoms with Gasteiger partial charge in [-0.1, -0.05) is 6.07 Å². The smallest absolute Gasteiger partial charge is 0.244 e. The van der Waals surface area contributed by atoms with E-state index in [-0.39, 0.29) is 5.91 Å². The fourth-order valence-electron chi connectivity index (χ4n) is 2.37. The number of rotatable bonds is 7. The fraction of sp³-hybridized carbons (Fsp3) is 0.222. The summed E-state index contributed by atoms with van der Waals surface area (Å²) in [6.45, 7) is 4.83. The number of anilines is 1. The molecule has 26 heavy (non-hydrogen) atoms. The van der Waals surface area contributed by atoms with Crippen LogP contribution in [0.2, 0.25) is 0 Å². The molecule has 0 radical (unpaired) electrons. The van der Waals surface area contributed by atoms with Crippen LogP contribution in [0.1, 0.15) is 16.5 Å². The van der Waals surface area contributed by atoms with Gasteiger partial charge >= 0.3 is 0 Å². The van der Waals surface area contributed by atoms with Crippen molar-refractivity contribution in [3.05, 3.63) is 58.6 Å². The number of imidazole rings is 1. The molecule has 0 saturated heterocycles. The summed E-state index contributed by atoms with van der Waals surface area (Å²) < 4.78 is 1.90. The van der Waals surface area contributed by atoms with Gasteiger partial charge in [-0.05, 0) is 31.4 Å². The Morgan fingerprint density at radius 3 is 2.92 bits per heavy atom. The van der Waals surface area contributed by atoms with Crippen molar-refractivity contribution in [2.24, 2.45) is 0 Å². The van der Waals surface area contributed by atoms with Crippen LogP contribution >= 0.6 is 11.3 Å². The molecule has 3 aromatic rings. The molecule has 0 aliphatic heterocycles. The van der Waals surface area contributed by atoms with E-state index in [0.29, 0.717) is 24.7 Å². The van der Waals surface area contributed by atoms with E-state index in [9.17, 15) is 4.79 Å². The van der Waals surface area contributed by atoms with E-state index in [1.54, 1.807) is 29.7 Å². The van der Waals surface area contributed by atoms with Crippen molar-refractivity contribution in [1.82, 2.24) is 24.8 Å². The van der Waals surface area contributed by atoms with Crippen molar-refractivity contribution < 1.29 is 4.79 Å². The Balaban J connectivity index is 1.51. The number of aryl methyl sites for hydroxylation is 2. The van der Waals surface area contributed by atoms with Crippen LogP contribution in [0.4, 0.5) is 5.82 Å². The summed E-state index contributed by atoms with van der Waals surface area (Å²) in [7, 11) is 0. The summed E-state index contributed by atoms with van der Waals surface area (Å²) in [5, 5.41) is 8.03. The van der Waals surface area contributed by atoms with Gasteiger partial charge in [-0.3, -0.25) is 9.36 Å². The van der Waals surface area contributed by atoms with E-state index in [1.165, 1.54) is 0 Å². The van der Waals surface area contributed by atoms with Crippen LogP contribution < -0.4 is 10.6 Å². The van der Waals surface area contributed by atoms with E-state index < -0.39 is 0 Å². The van der Waals surface area contributed by atoms with E-state index in [1.807, 2.05) is 48.2 Å². The second kappa shape index (κ2) is 8.39. The Morgan fingerprint density at radius 2 is 2.19 bits per heavy atom. The predicted octanol–water partition coefficient (Wildman–Crippen LogP) is 2.58. The van der Waals surface area contributed by atoms with Crippen LogP contribution in [0.15, 0.2) is 42.0 Å². The van der Waals surface area contributed by atoms with E-state index in [0.717, 1.165) is 16.5 Å². The van der Waals surface area contributed by atoms with Gasteiger partial charge in [-0.2, -0.15) is 0 Å². The first kappa shape index (κ1) is 17.8. The molecule has 0 aliphatic rings. The minimum Gasteiger partial charge on any atom is -0.368 e. The highest BCUT2D eigenvalue weighted by Crippen LogP contribution is 2.12. The summed E-state index contributed by atoms with van der Waals surface area (Å²) in [4.78, 5) is 25.9. The van der Waals surface area contributed by atoms with Crippen LogP contribution in [0.5, 0.6) is 0 Å². The minimum absolute atomic E-state index is 0.117. The monoisotopic (exact) mass is 368 g/mol. The highest BCUT2D eigenvalue weighted by molar-refractivity contribution is 7.10. The highest BCUT2D eigenvalue weighted by atomic mass is 32.1. The van der Waals surface area contributed by atoms with Gasteiger partial charge in [0.15, 0.2) is 0 Å². The normalized spacial score (nSPS) is 11.0. The second-order valence-corrected chi connectivity index (χ2v) is 6.55. The van der Waals surface area contributed by atoms with Crippen molar-refractivity contribution >= 4 is 29.1 Å². The zero-order valence-corrected chi connectivity index (χ0v) is 15.5. The van der Waals surface area contributed by atoms with E-state index >= 15 is 0 Å². The average molecular weight is 368 g/mol. The summed E-state index contributed by atoms with van der Waals surface area (Å²) >= 11 is 1.59. The molecule has 0 spiro atoms. The van der Waals surface area contributed by atoms with Crippen LogP contribution in [-0.4, -0.2) is 38.5 Å². The Morgan fingerprint density at radius 1 is 1.31 bits per heavy atom. The zero-order valence-electron chi connectivity index (χ0n) is 14.6. The van der Waals surface area contributed by atoms with Gasteiger partial charge in [-0.25, -0.2) is 15.0 Å². The van der Waals surface area contributed by atoms with Gasteiger partial charge in [0, 0.05) is 42.5 Å². The SMILES string of the molecule is Cc1nc(NCCNC(=O)/C=C/c2cccs2)cc(-n2ccnc2C)n1. The Bertz CT molecular complexity index is 900. The standard InChI is InChI=1S/C18H20N6OS/c1-13-22-16(12-17(23-13)24-10-9-19-14(24)2)20-7-8-21-18(25)6-5-15-4-3-11-26-15/h3-6,9-12H,7-8H2,1-2H3,(H,21,25)(H,20,22,23)/b6-5+. The van der Waals surface area contributed by atoms with E-state index in [2.05, 4.69) is 25.6 Å². The maximum atomic E-state index is 11.8. The molecule has 3 rings (SSSR count). The average Bonchev–Trinajstić information content (AvgIpc) is 3.28. The molecule has 0 aromatic carbocycles. The lowest BCUT2D eigenvalue weighted by Crippen LogP contribution is -2.27. The number of amides is 1. The third kappa shape index (κ3) is 4.76. The molecule has 3 aromatic heterocycles.